The molecule has 1 aliphatic heterocycles. The number of imidazole rings is 1. The van der Waals surface area contributed by atoms with E-state index in [9.17, 15) is 4.79 Å². The molecule has 0 atom stereocenters. The van der Waals surface area contributed by atoms with Crippen molar-refractivity contribution in [3.05, 3.63) is 40.9 Å². The summed E-state index contributed by atoms with van der Waals surface area (Å²) in [4.78, 5) is 29.1. The predicted octanol–water partition coefficient (Wildman–Crippen LogP) is 2.83. The van der Waals surface area contributed by atoms with Gasteiger partial charge in [-0.2, -0.15) is 0 Å². The fraction of sp³-hybridized carbons (Fsp3) is 0.333. The second-order valence-electron chi connectivity index (χ2n) is 6.55. The van der Waals surface area contributed by atoms with Crippen LogP contribution in [0.25, 0.3) is 11.2 Å². The minimum atomic E-state index is 0.194. The molecule has 7 nitrogen and oxygen atoms in total. The monoisotopic (exact) mass is 414 g/mol. The highest BCUT2D eigenvalue weighted by Gasteiger charge is 2.22. The number of benzene rings is 1. The average molecular weight is 415 g/mol. The van der Waals surface area contributed by atoms with Crippen molar-refractivity contribution >= 4 is 44.5 Å². The zero-order chi connectivity index (χ0) is 18.3. The van der Waals surface area contributed by atoms with Crippen LogP contribution in [0.2, 0.25) is 0 Å². The fourth-order valence-electron chi connectivity index (χ4n) is 3.29. The maximum absolute atomic E-state index is 12.0. The van der Waals surface area contributed by atoms with Crippen molar-refractivity contribution in [2.24, 2.45) is 0 Å². The van der Waals surface area contributed by atoms with Crippen LogP contribution in [0.4, 0.5) is 11.5 Å². The molecule has 0 unspecified atom stereocenters. The molecule has 1 fully saturated rings. The number of fused-ring (bicyclic) bond motifs is 1. The summed E-state index contributed by atoms with van der Waals surface area (Å²) in [7, 11) is 3.87. The summed E-state index contributed by atoms with van der Waals surface area (Å²) in [5.74, 6) is 0.977. The second-order valence-corrected chi connectivity index (χ2v) is 7.26. The van der Waals surface area contributed by atoms with Crippen LogP contribution in [-0.2, 0) is 11.3 Å². The van der Waals surface area contributed by atoms with E-state index in [0.29, 0.717) is 17.7 Å². The molecule has 0 saturated carbocycles. The highest BCUT2D eigenvalue weighted by Crippen LogP contribution is 2.27. The van der Waals surface area contributed by atoms with Crippen LogP contribution in [-0.4, -0.2) is 46.1 Å². The Bertz CT molecular complexity index is 983. The number of halogens is 1. The van der Waals surface area contributed by atoms with Crippen LogP contribution in [0, 0.1) is 0 Å². The van der Waals surface area contributed by atoms with Crippen molar-refractivity contribution in [1.82, 2.24) is 19.5 Å². The smallest absolute Gasteiger partial charge is 0.227 e. The van der Waals surface area contributed by atoms with Crippen LogP contribution in [0.3, 0.4) is 0 Å². The second kappa shape index (κ2) is 6.68. The standard InChI is InChI=1S/C18H19BrN6O/c1-23(2)16-15-17(21-11-20-16)25(18(19)22-15)10-12-5-3-6-13(9-12)24-8-4-7-14(24)26/h3,5-6,9,11H,4,7-8,10H2,1-2H3. The third-order valence-corrected chi connectivity index (χ3v) is 5.13. The molecule has 1 saturated heterocycles. The number of anilines is 2. The van der Waals surface area contributed by atoms with Crippen LogP contribution < -0.4 is 9.80 Å². The Morgan fingerprint density at radius 2 is 2.12 bits per heavy atom. The zero-order valence-electron chi connectivity index (χ0n) is 14.7. The van der Waals surface area contributed by atoms with Gasteiger partial charge in [-0.25, -0.2) is 15.0 Å². The predicted molar refractivity (Wildman–Crippen MR) is 104 cm³/mol. The molecule has 0 bridgehead atoms. The van der Waals surface area contributed by atoms with E-state index in [0.717, 1.165) is 41.2 Å². The minimum absolute atomic E-state index is 0.194. The third-order valence-electron chi connectivity index (χ3n) is 4.53. The summed E-state index contributed by atoms with van der Waals surface area (Å²) in [5, 5.41) is 0. The number of hydrogen-bond donors (Lipinski definition) is 0. The van der Waals surface area contributed by atoms with Gasteiger partial charge in [0, 0.05) is 32.7 Å². The lowest BCUT2D eigenvalue weighted by atomic mass is 10.2. The number of aromatic nitrogens is 4. The zero-order valence-corrected chi connectivity index (χ0v) is 16.3. The number of carbonyl (C=O) groups excluding carboxylic acids is 1. The van der Waals surface area contributed by atoms with E-state index in [1.54, 1.807) is 6.33 Å². The van der Waals surface area contributed by atoms with Gasteiger partial charge < -0.3 is 9.80 Å². The molecule has 134 valence electrons. The summed E-state index contributed by atoms with van der Waals surface area (Å²) in [5.41, 5.74) is 3.58. The first kappa shape index (κ1) is 17.0. The van der Waals surface area contributed by atoms with Crippen molar-refractivity contribution < 1.29 is 4.79 Å². The van der Waals surface area contributed by atoms with Gasteiger partial charge in [0.1, 0.15) is 6.33 Å². The Kier molecular flexibility index (Phi) is 4.36. The van der Waals surface area contributed by atoms with Crippen LogP contribution in [0.15, 0.2) is 35.3 Å². The van der Waals surface area contributed by atoms with Crippen LogP contribution in [0.5, 0.6) is 0 Å². The summed E-state index contributed by atoms with van der Waals surface area (Å²) >= 11 is 3.55. The molecule has 3 aromatic rings. The summed E-state index contributed by atoms with van der Waals surface area (Å²) in [6.45, 7) is 1.40. The van der Waals surface area contributed by atoms with Gasteiger partial charge in [-0.15, -0.1) is 0 Å². The molecule has 4 rings (SSSR count). The van der Waals surface area contributed by atoms with Crippen molar-refractivity contribution in [2.75, 3.05) is 30.4 Å². The molecular formula is C18H19BrN6O. The first-order chi connectivity index (χ1) is 12.5. The lowest BCUT2D eigenvalue weighted by Crippen LogP contribution is -2.23. The molecule has 0 radical (unpaired) electrons. The van der Waals surface area contributed by atoms with Gasteiger partial charge in [0.15, 0.2) is 21.7 Å². The van der Waals surface area contributed by atoms with E-state index < -0.39 is 0 Å². The third kappa shape index (κ3) is 2.94. The lowest BCUT2D eigenvalue weighted by molar-refractivity contribution is -0.117. The van der Waals surface area contributed by atoms with Crippen LogP contribution >= 0.6 is 15.9 Å². The molecule has 0 N–H and O–H groups in total. The Balaban J connectivity index is 1.71. The van der Waals surface area contributed by atoms with Crippen molar-refractivity contribution in [3.63, 3.8) is 0 Å². The Morgan fingerprint density at radius 1 is 1.27 bits per heavy atom. The largest absolute Gasteiger partial charge is 0.361 e. The maximum Gasteiger partial charge on any atom is 0.227 e. The van der Waals surface area contributed by atoms with Gasteiger partial charge in [-0.1, -0.05) is 12.1 Å². The fourth-order valence-corrected chi connectivity index (χ4v) is 3.76. The Labute approximate surface area is 159 Å². The normalized spacial score (nSPS) is 14.4. The summed E-state index contributed by atoms with van der Waals surface area (Å²) in [6.07, 6.45) is 3.11. The molecule has 8 heteroatoms. The topological polar surface area (TPSA) is 67.2 Å². The van der Waals surface area contributed by atoms with Crippen LogP contribution in [0.1, 0.15) is 18.4 Å². The molecule has 3 heterocycles. The van der Waals surface area contributed by atoms with Gasteiger partial charge in [-0.3, -0.25) is 9.36 Å². The molecule has 1 aromatic carbocycles. The van der Waals surface area contributed by atoms with Crippen molar-refractivity contribution in [2.45, 2.75) is 19.4 Å². The van der Waals surface area contributed by atoms with E-state index in [2.05, 4.69) is 43.0 Å². The van der Waals surface area contributed by atoms with E-state index >= 15 is 0 Å². The molecule has 0 aliphatic carbocycles. The van der Waals surface area contributed by atoms with Crippen molar-refractivity contribution in [1.29, 1.82) is 0 Å². The number of nitrogens with zero attached hydrogens (tertiary/aromatic N) is 6. The number of rotatable bonds is 4. The summed E-state index contributed by atoms with van der Waals surface area (Å²) < 4.78 is 2.72. The van der Waals surface area contributed by atoms with Gasteiger partial charge in [0.2, 0.25) is 5.91 Å². The Morgan fingerprint density at radius 3 is 2.85 bits per heavy atom. The minimum Gasteiger partial charge on any atom is -0.361 e. The first-order valence-electron chi connectivity index (χ1n) is 8.48. The first-order valence-corrected chi connectivity index (χ1v) is 9.27. The quantitative estimate of drug-likeness (QED) is 0.614. The molecule has 0 spiro atoms. The SMILES string of the molecule is CN(C)c1ncnc2c1nc(Br)n2Cc1cccc(N2CCCC2=O)c1. The highest BCUT2D eigenvalue weighted by atomic mass is 79.9. The van der Waals surface area contributed by atoms with Gasteiger partial charge in [-0.05, 0) is 40.0 Å². The number of hydrogen-bond acceptors (Lipinski definition) is 5. The molecular weight excluding hydrogens is 396 g/mol. The lowest BCUT2D eigenvalue weighted by Gasteiger charge is -2.17. The highest BCUT2D eigenvalue weighted by molar-refractivity contribution is 9.10. The van der Waals surface area contributed by atoms with Crippen molar-refractivity contribution in [3.8, 4) is 0 Å². The van der Waals surface area contributed by atoms with E-state index in [-0.39, 0.29) is 5.91 Å². The van der Waals surface area contributed by atoms with Gasteiger partial charge in [0.25, 0.3) is 0 Å². The Hall–Kier alpha value is -2.48. The number of amides is 1. The van der Waals surface area contributed by atoms with E-state index in [1.165, 1.54) is 0 Å². The molecule has 2 aromatic heterocycles. The summed E-state index contributed by atoms with van der Waals surface area (Å²) in [6, 6.07) is 8.09. The molecule has 26 heavy (non-hydrogen) atoms. The van der Waals surface area contributed by atoms with E-state index in [4.69, 9.17) is 0 Å². The maximum atomic E-state index is 12.0. The van der Waals surface area contributed by atoms with E-state index in [1.807, 2.05) is 40.6 Å². The van der Waals surface area contributed by atoms with Gasteiger partial charge >= 0.3 is 0 Å². The average Bonchev–Trinajstić information content (AvgIpc) is 3.18. The molecule has 1 aliphatic rings. The molecule has 1 amide bonds. The van der Waals surface area contributed by atoms with Gasteiger partial charge in [0.05, 0.1) is 6.54 Å². The number of carbonyl (C=O) groups is 1.